The van der Waals surface area contributed by atoms with Gasteiger partial charge in [-0.2, -0.15) is 0 Å². The zero-order valence-corrected chi connectivity index (χ0v) is 11.2. The number of aromatic amines is 1. The van der Waals surface area contributed by atoms with Crippen LogP contribution in [0.25, 0.3) is 0 Å². The third-order valence-electron chi connectivity index (χ3n) is 3.78. The quantitative estimate of drug-likeness (QED) is 0.767. The van der Waals surface area contributed by atoms with Crippen molar-refractivity contribution in [3.05, 3.63) is 23.5 Å². The molecule has 4 nitrogen and oxygen atoms in total. The molecular weight excluding hydrogens is 228 g/mol. The van der Waals surface area contributed by atoms with E-state index in [4.69, 9.17) is 4.74 Å². The van der Waals surface area contributed by atoms with Crippen molar-refractivity contribution >= 4 is 6.09 Å². The molecule has 1 aromatic heterocycles. The molecule has 0 saturated heterocycles. The van der Waals surface area contributed by atoms with E-state index in [1.54, 1.807) is 0 Å². The molecule has 0 bridgehead atoms. The van der Waals surface area contributed by atoms with Crippen LogP contribution in [0.5, 0.6) is 0 Å². The molecule has 1 aliphatic heterocycles. The van der Waals surface area contributed by atoms with E-state index in [0.29, 0.717) is 6.54 Å². The van der Waals surface area contributed by atoms with Crippen LogP contribution in [0, 0.1) is 0 Å². The number of hydrogen-bond donors (Lipinski definition) is 1. The Labute approximate surface area is 107 Å². The highest BCUT2D eigenvalue weighted by molar-refractivity contribution is 5.70. The number of H-pyrrole nitrogens is 1. The zero-order chi connectivity index (χ0) is 13.0. The number of carbonyl (C=O) groups excluding carboxylic acids is 1. The molecule has 4 heteroatoms. The third-order valence-corrected chi connectivity index (χ3v) is 3.78. The standard InChI is InChI=1S/C14H20N2O2/c1-13(2,3)18-12(17)16-9-10-4-7-15-11(10)8-14(16)5-6-14/h4,7,15H,5-6,8-9H2,1-3H3. The smallest absolute Gasteiger partial charge is 0.411 e. The zero-order valence-electron chi connectivity index (χ0n) is 11.2. The second-order valence-corrected chi connectivity index (χ2v) is 6.45. The Bertz CT molecular complexity index is 480. The van der Waals surface area contributed by atoms with Crippen molar-refractivity contribution in [2.24, 2.45) is 0 Å². The Morgan fingerprint density at radius 2 is 2.17 bits per heavy atom. The summed E-state index contributed by atoms with van der Waals surface area (Å²) in [7, 11) is 0. The molecule has 0 atom stereocenters. The molecule has 0 radical (unpaired) electrons. The van der Waals surface area contributed by atoms with Gasteiger partial charge < -0.3 is 9.72 Å². The van der Waals surface area contributed by atoms with Crippen LogP contribution >= 0.6 is 0 Å². The topological polar surface area (TPSA) is 45.3 Å². The van der Waals surface area contributed by atoms with Gasteiger partial charge in [0.1, 0.15) is 5.60 Å². The second-order valence-electron chi connectivity index (χ2n) is 6.45. The maximum absolute atomic E-state index is 12.3. The fraction of sp³-hybridized carbons (Fsp3) is 0.643. The Morgan fingerprint density at radius 1 is 1.44 bits per heavy atom. The Morgan fingerprint density at radius 3 is 2.78 bits per heavy atom. The summed E-state index contributed by atoms with van der Waals surface area (Å²) in [5.41, 5.74) is 2.11. The number of ether oxygens (including phenoxy) is 1. The first-order valence-corrected chi connectivity index (χ1v) is 6.55. The Hall–Kier alpha value is -1.45. The van der Waals surface area contributed by atoms with E-state index in [0.717, 1.165) is 19.3 Å². The first kappa shape index (κ1) is 11.6. The Kier molecular flexibility index (Phi) is 2.28. The summed E-state index contributed by atoms with van der Waals surface area (Å²) in [5.74, 6) is 0. The first-order chi connectivity index (χ1) is 8.40. The number of nitrogens with zero attached hydrogens (tertiary/aromatic N) is 1. The van der Waals surface area contributed by atoms with Crippen molar-refractivity contribution in [3.63, 3.8) is 0 Å². The molecule has 1 aliphatic carbocycles. The van der Waals surface area contributed by atoms with Gasteiger partial charge in [0.2, 0.25) is 0 Å². The molecule has 0 unspecified atom stereocenters. The number of aromatic nitrogens is 1. The minimum absolute atomic E-state index is 0.0280. The van der Waals surface area contributed by atoms with E-state index < -0.39 is 5.60 Å². The Balaban J connectivity index is 1.83. The average molecular weight is 248 g/mol. The minimum Gasteiger partial charge on any atom is -0.444 e. The van der Waals surface area contributed by atoms with Crippen LogP contribution in [0.15, 0.2) is 12.3 Å². The molecule has 1 fully saturated rings. The van der Waals surface area contributed by atoms with Crippen molar-refractivity contribution in [1.82, 2.24) is 9.88 Å². The molecule has 2 heterocycles. The monoisotopic (exact) mass is 248 g/mol. The largest absolute Gasteiger partial charge is 0.444 e. The number of rotatable bonds is 0. The van der Waals surface area contributed by atoms with Crippen LogP contribution in [0.2, 0.25) is 0 Å². The predicted octanol–water partition coefficient (Wildman–Crippen LogP) is 2.84. The number of nitrogens with one attached hydrogen (secondary N) is 1. The summed E-state index contributed by atoms with van der Waals surface area (Å²) in [6, 6.07) is 2.06. The van der Waals surface area contributed by atoms with Gasteiger partial charge in [-0.15, -0.1) is 0 Å². The van der Waals surface area contributed by atoms with E-state index in [1.807, 2.05) is 31.9 Å². The van der Waals surface area contributed by atoms with Gasteiger partial charge in [0.25, 0.3) is 0 Å². The molecule has 1 saturated carbocycles. The van der Waals surface area contributed by atoms with Crippen molar-refractivity contribution in [3.8, 4) is 0 Å². The van der Waals surface area contributed by atoms with Gasteiger partial charge in [-0.05, 0) is 45.2 Å². The molecule has 0 aromatic carbocycles. The van der Waals surface area contributed by atoms with Crippen LogP contribution in [0.4, 0.5) is 4.79 Å². The van der Waals surface area contributed by atoms with Crippen molar-refractivity contribution in [2.45, 2.75) is 57.7 Å². The fourth-order valence-electron chi connectivity index (χ4n) is 2.68. The fourth-order valence-corrected chi connectivity index (χ4v) is 2.68. The highest BCUT2D eigenvalue weighted by Gasteiger charge is 2.53. The molecule has 98 valence electrons. The van der Waals surface area contributed by atoms with E-state index in [1.165, 1.54) is 11.3 Å². The van der Waals surface area contributed by atoms with Gasteiger partial charge in [-0.25, -0.2) is 4.79 Å². The van der Waals surface area contributed by atoms with Crippen molar-refractivity contribution in [1.29, 1.82) is 0 Å². The molecule has 2 aliphatic rings. The lowest BCUT2D eigenvalue weighted by Crippen LogP contribution is -2.48. The number of carbonyl (C=O) groups is 1. The third kappa shape index (κ3) is 1.89. The number of hydrogen-bond acceptors (Lipinski definition) is 2. The van der Waals surface area contributed by atoms with Crippen molar-refractivity contribution in [2.75, 3.05) is 0 Å². The van der Waals surface area contributed by atoms with Crippen LogP contribution in [-0.2, 0) is 17.7 Å². The number of fused-ring (bicyclic) bond motifs is 1. The van der Waals surface area contributed by atoms with Crippen LogP contribution in [0.3, 0.4) is 0 Å². The molecule has 18 heavy (non-hydrogen) atoms. The van der Waals surface area contributed by atoms with Gasteiger partial charge in [-0.3, -0.25) is 4.90 Å². The average Bonchev–Trinajstić information content (AvgIpc) is 2.85. The summed E-state index contributed by atoms with van der Waals surface area (Å²) in [4.78, 5) is 17.5. The summed E-state index contributed by atoms with van der Waals surface area (Å²) < 4.78 is 5.52. The highest BCUT2D eigenvalue weighted by Crippen LogP contribution is 2.48. The first-order valence-electron chi connectivity index (χ1n) is 6.55. The van der Waals surface area contributed by atoms with E-state index in [-0.39, 0.29) is 11.6 Å². The summed E-state index contributed by atoms with van der Waals surface area (Å²) in [6.07, 6.45) is 4.90. The van der Waals surface area contributed by atoms with E-state index in [2.05, 4.69) is 11.1 Å². The van der Waals surface area contributed by atoms with Gasteiger partial charge in [0.15, 0.2) is 0 Å². The molecular formula is C14H20N2O2. The normalized spacial score (nSPS) is 20.7. The summed E-state index contributed by atoms with van der Waals surface area (Å²) in [5, 5.41) is 0. The maximum Gasteiger partial charge on any atom is 0.411 e. The van der Waals surface area contributed by atoms with E-state index in [9.17, 15) is 4.79 Å². The summed E-state index contributed by atoms with van der Waals surface area (Å²) in [6.45, 7) is 6.41. The van der Waals surface area contributed by atoms with Gasteiger partial charge in [0.05, 0.1) is 12.1 Å². The van der Waals surface area contributed by atoms with Gasteiger partial charge >= 0.3 is 6.09 Å². The predicted molar refractivity (Wildman–Crippen MR) is 68.2 cm³/mol. The molecule has 1 N–H and O–H groups in total. The number of amides is 1. The lowest BCUT2D eigenvalue weighted by molar-refractivity contribution is 0.00820. The molecule has 1 spiro atoms. The van der Waals surface area contributed by atoms with E-state index >= 15 is 0 Å². The van der Waals surface area contributed by atoms with Gasteiger partial charge in [0, 0.05) is 18.3 Å². The van der Waals surface area contributed by atoms with Gasteiger partial charge in [-0.1, -0.05) is 0 Å². The van der Waals surface area contributed by atoms with Crippen LogP contribution in [-0.4, -0.2) is 27.1 Å². The SMILES string of the molecule is CC(C)(C)OC(=O)N1Cc2cc[nH]c2CC12CC2. The van der Waals surface area contributed by atoms with Crippen LogP contribution in [0.1, 0.15) is 44.9 Å². The maximum atomic E-state index is 12.3. The highest BCUT2D eigenvalue weighted by atomic mass is 16.6. The molecule has 3 rings (SSSR count). The summed E-state index contributed by atoms with van der Waals surface area (Å²) >= 11 is 0. The molecule has 1 amide bonds. The van der Waals surface area contributed by atoms with Crippen molar-refractivity contribution < 1.29 is 9.53 Å². The minimum atomic E-state index is -0.425. The second kappa shape index (κ2) is 3.53. The molecule has 1 aromatic rings. The lowest BCUT2D eigenvalue weighted by Gasteiger charge is -2.37. The lowest BCUT2D eigenvalue weighted by atomic mass is 9.99. The van der Waals surface area contributed by atoms with Crippen LogP contribution < -0.4 is 0 Å².